The number of likely N-dealkylation sites (tertiary alicyclic amines) is 1. The number of nitrogens with zero attached hydrogens (tertiary/aromatic N) is 2. The average molecular weight is 315 g/mol. The molecule has 1 aromatic carbocycles. The fraction of sp³-hybridized carbons (Fsp3) is 0.632. The smallest absolute Gasteiger partial charge is 0.222 e. The average Bonchev–Trinajstić information content (AvgIpc) is 3.03. The molecule has 1 aromatic rings. The lowest BCUT2D eigenvalue weighted by Gasteiger charge is -2.32. The molecule has 0 radical (unpaired) electrons. The maximum Gasteiger partial charge on any atom is 0.222 e. The molecule has 1 amide bonds. The maximum absolute atomic E-state index is 12.5. The lowest BCUT2D eigenvalue weighted by Crippen LogP contribution is -2.49. The van der Waals surface area contributed by atoms with Crippen LogP contribution in [0, 0.1) is 13.8 Å². The predicted octanol–water partition coefficient (Wildman–Crippen LogP) is 1.74. The zero-order valence-electron chi connectivity index (χ0n) is 14.5. The van der Waals surface area contributed by atoms with E-state index in [9.17, 15) is 4.79 Å². The summed E-state index contributed by atoms with van der Waals surface area (Å²) in [5.74, 6) is 0.321. The largest absolute Gasteiger partial charge is 0.341 e. The summed E-state index contributed by atoms with van der Waals surface area (Å²) in [6.45, 7) is 10.5. The van der Waals surface area contributed by atoms with Gasteiger partial charge in [0.05, 0.1) is 0 Å². The summed E-state index contributed by atoms with van der Waals surface area (Å²) in [6, 6.07) is 7.16. The molecule has 2 saturated heterocycles. The third kappa shape index (κ3) is 4.33. The third-order valence-corrected chi connectivity index (χ3v) is 5.09. The van der Waals surface area contributed by atoms with E-state index in [1.807, 2.05) is 0 Å². The zero-order chi connectivity index (χ0) is 16.2. The summed E-state index contributed by atoms with van der Waals surface area (Å²) in [6.07, 6.45) is 2.63. The SMILES string of the molecule is Cc1cc(C)cc(CCC(=O)N2CCC(N3CCNCC3)C2)c1. The number of hydrogen-bond donors (Lipinski definition) is 1. The highest BCUT2D eigenvalue weighted by Crippen LogP contribution is 2.18. The Morgan fingerprint density at radius 1 is 1.13 bits per heavy atom. The number of piperazine rings is 1. The Hall–Kier alpha value is -1.39. The molecule has 2 aliphatic rings. The first-order valence-electron chi connectivity index (χ1n) is 8.91. The molecule has 2 heterocycles. The topological polar surface area (TPSA) is 35.6 Å². The monoisotopic (exact) mass is 315 g/mol. The number of hydrogen-bond acceptors (Lipinski definition) is 3. The molecule has 0 aliphatic carbocycles. The minimum absolute atomic E-state index is 0.321. The molecule has 1 unspecified atom stereocenters. The number of nitrogens with one attached hydrogen (secondary N) is 1. The Labute approximate surface area is 139 Å². The first-order valence-corrected chi connectivity index (χ1v) is 8.91. The minimum Gasteiger partial charge on any atom is -0.341 e. The highest BCUT2D eigenvalue weighted by molar-refractivity contribution is 5.76. The number of benzene rings is 1. The van der Waals surface area contributed by atoms with Crippen molar-refractivity contribution in [2.24, 2.45) is 0 Å². The van der Waals surface area contributed by atoms with Crippen LogP contribution >= 0.6 is 0 Å². The van der Waals surface area contributed by atoms with E-state index in [-0.39, 0.29) is 0 Å². The normalized spacial score (nSPS) is 22.5. The Morgan fingerprint density at radius 3 is 2.52 bits per heavy atom. The molecule has 1 N–H and O–H groups in total. The molecule has 2 fully saturated rings. The summed E-state index contributed by atoms with van der Waals surface area (Å²) in [4.78, 5) is 17.1. The van der Waals surface area contributed by atoms with Gasteiger partial charge in [-0.15, -0.1) is 0 Å². The van der Waals surface area contributed by atoms with Gasteiger partial charge in [-0.3, -0.25) is 9.69 Å². The molecule has 1 atom stereocenters. The van der Waals surface area contributed by atoms with Crippen molar-refractivity contribution < 1.29 is 4.79 Å². The number of carbonyl (C=O) groups excluding carboxylic acids is 1. The fourth-order valence-electron chi connectivity index (χ4n) is 3.94. The molecule has 23 heavy (non-hydrogen) atoms. The lowest BCUT2D eigenvalue weighted by molar-refractivity contribution is -0.130. The van der Waals surface area contributed by atoms with Crippen molar-refractivity contribution >= 4 is 5.91 Å². The molecule has 4 nitrogen and oxygen atoms in total. The molecule has 0 bridgehead atoms. The van der Waals surface area contributed by atoms with E-state index in [0.29, 0.717) is 18.4 Å². The van der Waals surface area contributed by atoms with Gasteiger partial charge in [-0.1, -0.05) is 29.3 Å². The van der Waals surface area contributed by atoms with Gasteiger partial charge in [-0.25, -0.2) is 0 Å². The summed E-state index contributed by atoms with van der Waals surface area (Å²) in [7, 11) is 0. The van der Waals surface area contributed by atoms with Crippen LogP contribution in [-0.2, 0) is 11.2 Å². The highest BCUT2D eigenvalue weighted by atomic mass is 16.2. The zero-order valence-corrected chi connectivity index (χ0v) is 14.5. The van der Waals surface area contributed by atoms with E-state index < -0.39 is 0 Å². The molecular weight excluding hydrogens is 286 g/mol. The molecule has 2 aliphatic heterocycles. The first-order chi connectivity index (χ1) is 11.1. The van der Waals surface area contributed by atoms with E-state index in [0.717, 1.165) is 52.1 Å². The lowest BCUT2D eigenvalue weighted by atomic mass is 10.0. The number of rotatable bonds is 4. The van der Waals surface area contributed by atoms with Crippen LogP contribution in [0.25, 0.3) is 0 Å². The minimum atomic E-state index is 0.321. The quantitative estimate of drug-likeness (QED) is 0.919. The fourth-order valence-corrected chi connectivity index (χ4v) is 3.94. The first kappa shape index (κ1) is 16.5. The maximum atomic E-state index is 12.5. The molecule has 126 valence electrons. The van der Waals surface area contributed by atoms with Crippen molar-refractivity contribution in [3.05, 3.63) is 34.9 Å². The van der Waals surface area contributed by atoms with Crippen LogP contribution in [0.2, 0.25) is 0 Å². The Bertz CT molecular complexity index is 531. The van der Waals surface area contributed by atoms with Crippen LogP contribution in [0.3, 0.4) is 0 Å². The van der Waals surface area contributed by atoms with Gasteiger partial charge < -0.3 is 10.2 Å². The Morgan fingerprint density at radius 2 is 1.83 bits per heavy atom. The van der Waals surface area contributed by atoms with E-state index in [2.05, 4.69) is 47.2 Å². The second kappa shape index (κ2) is 7.45. The molecule has 0 aromatic heterocycles. The van der Waals surface area contributed by atoms with Gasteiger partial charge in [-0.2, -0.15) is 0 Å². The summed E-state index contributed by atoms with van der Waals surface area (Å²) >= 11 is 0. The van der Waals surface area contributed by atoms with E-state index in [1.54, 1.807) is 0 Å². The van der Waals surface area contributed by atoms with E-state index >= 15 is 0 Å². The Kier molecular flexibility index (Phi) is 5.34. The summed E-state index contributed by atoms with van der Waals surface area (Å²) < 4.78 is 0. The van der Waals surface area contributed by atoms with Gasteiger partial charge >= 0.3 is 0 Å². The van der Waals surface area contributed by atoms with Crippen molar-refractivity contribution in [2.45, 2.75) is 39.2 Å². The second-order valence-electron chi connectivity index (χ2n) is 7.06. The molecule has 3 rings (SSSR count). The van der Waals surface area contributed by atoms with Gasteiger partial charge in [0, 0.05) is 51.7 Å². The second-order valence-corrected chi connectivity index (χ2v) is 7.06. The third-order valence-electron chi connectivity index (χ3n) is 5.09. The van der Waals surface area contributed by atoms with Gasteiger partial charge in [0.2, 0.25) is 5.91 Å². The van der Waals surface area contributed by atoms with Gasteiger partial charge in [0.1, 0.15) is 0 Å². The van der Waals surface area contributed by atoms with Crippen LogP contribution < -0.4 is 5.32 Å². The van der Waals surface area contributed by atoms with Crippen molar-refractivity contribution in [1.82, 2.24) is 15.1 Å². The summed E-state index contributed by atoms with van der Waals surface area (Å²) in [5, 5.41) is 3.40. The van der Waals surface area contributed by atoms with Crippen molar-refractivity contribution in [2.75, 3.05) is 39.3 Å². The van der Waals surface area contributed by atoms with Crippen LogP contribution in [0.5, 0.6) is 0 Å². The van der Waals surface area contributed by atoms with Crippen molar-refractivity contribution in [3.8, 4) is 0 Å². The summed E-state index contributed by atoms with van der Waals surface area (Å²) in [5.41, 5.74) is 3.86. The number of amides is 1. The molecule has 4 heteroatoms. The standard InChI is InChI=1S/C19H29N3O/c1-15-11-16(2)13-17(12-15)3-4-19(23)22-8-5-18(14-22)21-9-6-20-7-10-21/h11-13,18,20H,3-10,14H2,1-2H3. The van der Waals surface area contributed by atoms with Crippen LogP contribution in [0.4, 0.5) is 0 Å². The highest BCUT2D eigenvalue weighted by Gasteiger charge is 2.30. The van der Waals surface area contributed by atoms with E-state index in [1.165, 1.54) is 16.7 Å². The van der Waals surface area contributed by atoms with E-state index in [4.69, 9.17) is 0 Å². The van der Waals surface area contributed by atoms with Crippen LogP contribution in [0.15, 0.2) is 18.2 Å². The van der Waals surface area contributed by atoms with Gasteiger partial charge in [-0.05, 0) is 32.3 Å². The van der Waals surface area contributed by atoms with Crippen molar-refractivity contribution in [1.29, 1.82) is 0 Å². The molecular formula is C19H29N3O. The van der Waals surface area contributed by atoms with Gasteiger partial charge in [0.15, 0.2) is 0 Å². The van der Waals surface area contributed by atoms with Crippen molar-refractivity contribution in [3.63, 3.8) is 0 Å². The van der Waals surface area contributed by atoms with Crippen LogP contribution in [0.1, 0.15) is 29.5 Å². The number of carbonyl (C=O) groups is 1. The number of aryl methyl sites for hydroxylation is 3. The Balaban J connectivity index is 1.49. The van der Waals surface area contributed by atoms with Gasteiger partial charge in [0.25, 0.3) is 0 Å². The van der Waals surface area contributed by atoms with Crippen LogP contribution in [-0.4, -0.2) is 61.0 Å². The predicted molar refractivity (Wildman–Crippen MR) is 93.7 cm³/mol. The molecule has 0 saturated carbocycles. The molecule has 0 spiro atoms.